The van der Waals surface area contributed by atoms with Gasteiger partial charge in [-0.1, -0.05) is 19.4 Å². The zero-order valence-electron chi connectivity index (χ0n) is 20.6. The molecular formula is C25H34O9. The molecule has 0 aromatic rings. The SMILES string of the molecule is CCC(=O)OC1CCC(C)=CC2OC(=O)C3(C)OC23C(O)C2C3(C)OC3CC(OC(C)=O)C12C. The van der Waals surface area contributed by atoms with Crippen molar-refractivity contribution in [3.63, 3.8) is 0 Å². The minimum absolute atomic E-state index is 0.193. The molecule has 9 heteroatoms. The third-order valence-electron chi connectivity index (χ3n) is 9.07. The Morgan fingerprint density at radius 2 is 1.91 bits per heavy atom. The largest absolute Gasteiger partial charge is 0.462 e. The molecule has 3 heterocycles. The van der Waals surface area contributed by atoms with Gasteiger partial charge >= 0.3 is 17.9 Å². The van der Waals surface area contributed by atoms with Crippen molar-refractivity contribution in [2.45, 2.75) is 115 Å². The van der Waals surface area contributed by atoms with Crippen molar-refractivity contribution in [1.82, 2.24) is 0 Å². The van der Waals surface area contributed by atoms with E-state index in [2.05, 4.69) is 0 Å². The lowest BCUT2D eigenvalue weighted by atomic mass is 9.54. The quantitative estimate of drug-likeness (QED) is 0.281. The first-order valence-corrected chi connectivity index (χ1v) is 12.2. The van der Waals surface area contributed by atoms with Crippen LogP contribution < -0.4 is 0 Å². The summed E-state index contributed by atoms with van der Waals surface area (Å²) in [7, 11) is 0. The molecule has 10 unspecified atom stereocenters. The minimum atomic E-state index is -1.30. The van der Waals surface area contributed by atoms with Crippen molar-refractivity contribution in [2.75, 3.05) is 0 Å². The zero-order valence-corrected chi connectivity index (χ0v) is 20.6. The summed E-state index contributed by atoms with van der Waals surface area (Å²) in [4.78, 5) is 37.4. The number of esters is 3. The molecule has 5 aliphatic rings. The molecule has 5 rings (SSSR count). The molecule has 0 aromatic carbocycles. The lowest BCUT2D eigenvalue weighted by molar-refractivity contribution is -0.206. The monoisotopic (exact) mass is 478 g/mol. The van der Waals surface area contributed by atoms with Gasteiger partial charge < -0.3 is 28.8 Å². The average molecular weight is 479 g/mol. The van der Waals surface area contributed by atoms with E-state index in [0.29, 0.717) is 19.3 Å². The predicted molar refractivity (Wildman–Crippen MR) is 116 cm³/mol. The van der Waals surface area contributed by atoms with Crippen LogP contribution in [0.25, 0.3) is 0 Å². The van der Waals surface area contributed by atoms with E-state index < -0.39 is 64.5 Å². The van der Waals surface area contributed by atoms with Crippen molar-refractivity contribution >= 4 is 17.9 Å². The molecule has 34 heavy (non-hydrogen) atoms. The van der Waals surface area contributed by atoms with Crippen LogP contribution in [0.1, 0.15) is 67.2 Å². The maximum atomic E-state index is 12.8. The number of hydrogen-bond acceptors (Lipinski definition) is 9. The van der Waals surface area contributed by atoms with Gasteiger partial charge in [0.05, 0.1) is 17.8 Å². The van der Waals surface area contributed by atoms with Crippen LogP contribution in [-0.4, -0.2) is 70.3 Å². The number of fused-ring (bicyclic) bond motifs is 3. The lowest BCUT2D eigenvalue weighted by Gasteiger charge is -2.53. The second-order valence-electron chi connectivity index (χ2n) is 11.1. The van der Waals surface area contributed by atoms with Crippen LogP contribution in [0.3, 0.4) is 0 Å². The normalized spacial score (nSPS) is 50.9. The Kier molecular flexibility index (Phi) is 5.08. The Labute approximate surface area is 199 Å². The lowest BCUT2D eigenvalue weighted by Crippen LogP contribution is -2.65. The number of epoxide rings is 2. The first-order valence-electron chi connectivity index (χ1n) is 12.2. The van der Waals surface area contributed by atoms with Crippen LogP contribution in [0.15, 0.2) is 11.6 Å². The van der Waals surface area contributed by atoms with Crippen LogP contribution >= 0.6 is 0 Å². The van der Waals surface area contributed by atoms with E-state index in [-0.39, 0.29) is 18.5 Å². The van der Waals surface area contributed by atoms with Crippen LogP contribution in [0.2, 0.25) is 0 Å². The summed E-state index contributed by atoms with van der Waals surface area (Å²) in [6.07, 6.45) is -0.0655. The fraction of sp³-hybridized carbons (Fsp3) is 0.800. The number of aliphatic hydroxyl groups excluding tert-OH is 1. The van der Waals surface area contributed by atoms with Crippen LogP contribution in [-0.2, 0) is 38.1 Å². The molecule has 2 aliphatic carbocycles. The summed E-state index contributed by atoms with van der Waals surface area (Å²) in [6, 6.07) is 0. The molecule has 188 valence electrons. The minimum Gasteiger partial charge on any atom is -0.462 e. The molecule has 0 amide bonds. The molecule has 0 bridgehead atoms. The average Bonchev–Trinajstić information content (AvgIpc) is 3.59. The van der Waals surface area contributed by atoms with Gasteiger partial charge in [-0.3, -0.25) is 9.59 Å². The molecule has 1 spiro atoms. The second-order valence-corrected chi connectivity index (χ2v) is 11.1. The number of hydrogen-bond donors (Lipinski definition) is 1. The van der Waals surface area contributed by atoms with Crippen molar-refractivity contribution in [2.24, 2.45) is 11.3 Å². The van der Waals surface area contributed by atoms with E-state index in [4.69, 9.17) is 23.7 Å². The first kappa shape index (κ1) is 23.8. The van der Waals surface area contributed by atoms with Crippen molar-refractivity contribution in [3.8, 4) is 0 Å². The maximum Gasteiger partial charge on any atom is 0.342 e. The van der Waals surface area contributed by atoms with Crippen molar-refractivity contribution in [1.29, 1.82) is 0 Å². The van der Waals surface area contributed by atoms with E-state index in [1.54, 1.807) is 13.8 Å². The van der Waals surface area contributed by atoms with Gasteiger partial charge in [0.25, 0.3) is 0 Å². The summed E-state index contributed by atoms with van der Waals surface area (Å²) < 4.78 is 29.7. The first-order chi connectivity index (χ1) is 15.8. The van der Waals surface area contributed by atoms with E-state index >= 15 is 0 Å². The number of aliphatic hydroxyl groups is 1. The zero-order chi connectivity index (χ0) is 24.8. The number of rotatable bonds is 3. The molecule has 4 fully saturated rings. The van der Waals surface area contributed by atoms with Gasteiger partial charge in [-0.15, -0.1) is 0 Å². The molecule has 1 saturated carbocycles. The maximum absolute atomic E-state index is 12.8. The van der Waals surface area contributed by atoms with Gasteiger partial charge in [0, 0.05) is 31.1 Å². The Balaban J connectivity index is 1.68. The van der Waals surface area contributed by atoms with Gasteiger partial charge in [-0.25, -0.2) is 4.79 Å². The highest BCUT2D eigenvalue weighted by Gasteiger charge is 2.88. The highest BCUT2D eigenvalue weighted by molar-refractivity contribution is 5.89. The van der Waals surface area contributed by atoms with Gasteiger partial charge in [0.2, 0.25) is 0 Å². The highest BCUT2D eigenvalue weighted by atomic mass is 16.7. The number of ether oxygens (including phenoxy) is 5. The Hall–Kier alpha value is -1.97. The van der Waals surface area contributed by atoms with Gasteiger partial charge in [0.1, 0.15) is 12.2 Å². The molecule has 3 aliphatic heterocycles. The van der Waals surface area contributed by atoms with E-state index in [9.17, 15) is 19.5 Å². The standard InChI is InChI=1S/C25H34O9/c1-7-18(27)31-14-9-8-12(2)10-17-25(24(6,34-25)21(29)32-17)20(28)19-22(14,4)15(30-13(3)26)11-16-23(19,5)33-16/h10,14-17,19-20,28H,7-9,11H2,1-6H3. The molecule has 0 radical (unpaired) electrons. The molecular weight excluding hydrogens is 444 g/mol. The van der Waals surface area contributed by atoms with Gasteiger partial charge in [-0.05, 0) is 39.7 Å². The number of allylic oxidation sites excluding steroid dienone is 1. The van der Waals surface area contributed by atoms with Crippen molar-refractivity contribution < 1.29 is 43.2 Å². The van der Waals surface area contributed by atoms with Gasteiger partial charge in [0.15, 0.2) is 17.3 Å². The smallest absolute Gasteiger partial charge is 0.342 e. The third kappa shape index (κ3) is 2.92. The van der Waals surface area contributed by atoms with E-state index in [0.717, 1.165) is 5.57 Å². The summed E-state index contributed by atoms with van der Waals surface area (Å²) in [5.41, 5.74) is -3.44. The Bertz CT molecular complexity index is 975. The summed E-state index contributed by atoms with van der Waals surface area (Å²) in [5, 5.41) is 12.1. The van der Waals surface area contributed by atoms with Crippen LogP contribution in [0.4, 0.5) is 0 Å². The topological polar surface area (TPSA) is 124 Å². The Morgan fingerprint density at radius 1 is 1.21 bits per heavy atom. The predicted octanol–water partition coefficient (Wildman–Crippen LogP) is 1.98. The fourth-order valence-corrected chi connectivity index (χ4v) is 7.04. The van der Waals surface area contributed by atoms with Gasteiger partial charge in [-0.2, -0.15) is 0 Å². The molecule has 1 N–H and O–H groups in total. The molecule has 0 aromatic heterocycles. The molecule has 10 atom stereocenters. The molecule has 3 saturated heterocycles. The number of carbonyl (C=O) groups excluding carboxylic acids is 3. The summed E-state index contributed by atoms with van der Waals surface area (Å²) in [6.45, 7) is 10.4. The molecule has 9 nitrogen and oxygen atoms in total. The van der Waals surface area contributed by atoms with Crippen LogP contribution in [0.5, 0.6) is 0 Å². The fourth-order valence-electron chi connectivity index (χ4n) is 7.04. The van der Waals surface area contributed by atoms with E-state index in [1.807, 2.05) is 26.8 Å². The highest BCUT2D eigenvalue weighted by Crippen LogP contribution is 2.68. The van der Waals surface area contributed by atoms with Crippen molar-refractivity contribution in [3.05, 3.63) is 11.6 Å². The summed E-state index contributed by atoms with van der Waals surface area (Å²) in [5.74, 6) is -2.00. The Morgan fingerprint density at radius 3 is 2.53 bits per heavy atom. The van der Waals surface area contributed by atoms with Crippen LogP contribution in [0, 0.1) is 11.3 Å². The number of carbonyl (C=O) groups is 3. The second kappa shape index (κ2) is 7.27. The third-order valence-corrected chi connectivity index (χ3v) is 9.07. The summed E-state index contributed by atoms with van der Waals surface area (Å²) >= 11 is 0. The van der Waals surface area contributed by atoms with E-state index in [1.165, 1.54) is 6.92 Å².